The molecule has 0 aromatic heterocycles. The van der Waals surface area contributed by atoms with Gasteiger partial charge in [0.1, 0.15) is 5.84 Å². The zero-order valence-electron chi connectivity index (χ0n) is 23.2. The maximum atomic E-state index is 13.2. The Hall–Kier alpha value is -3.73. The number of amidine groups is 1. The molecule has 39 heavy (non-hydrogen) atoms. The summed E-state index contributed by atoms with van der Waals surface area (Å²) in [6.07, 6.45) is 20.2. The third-order valence-corrected chi connectivity index (χ3v) is 7.97. The third-order valence-electron chi connectivity index (χ3n) is 7.97. The van der Waals surface area contributed by atoms with E-state index in [2.05, 4.69) is 78.1 Å². The molecular weight excluding hydrogens is 480 g/mol. The summed E-state index contributed by atoms with van der Waals surface area (Å²) in [5, 5.41) is 6.76. The monoisotopic (exact) mass is 520 g/mol. The summed E-state index contributed by atoms with van der Waals surface area (Å²) in [7, 11) is 0. The number of aliphatic imine (C=N–C) groups is 2. The number of fused-ring (bicyclic) bond motifs is 1. The van der Waals surface area contributed by atoms with Crippen molar-refractivity contribution in [3.8, 4) is 0 Å². The molecule has 2 aliphatic heterocycles. The minimum absolute atomic E-state index is 0.0303. The van der Waals surface area contributed by atoms with Crippen LogP contribution in [0.5, 0.6) is 0 Å². The largest absolute Gasteiger partial charge is 0.346 e. The summed E-state index contributed by atoms with van der Waals surface area (Å²) in [5.41, 5.74) is 5.99. The van der Waals surface area contributed by atoms with Crippen molar-refractivity contribution in [2.75, 3.05) is 11.9 Å². The average Bonchev–Trinajstić information content (AvgIpc) is 3.11. The van der Waals surface area contributed by atoms with Gasteiger partial charge < -0.3 is 10.6 Å². The van der Waals surface area contributed by atoms with Gasteiger partial charge in [0.05, 0.1) is 5.70 Å². The number of carbonyl (C=O) groups is 1. The molecule has 3 aliphatic rings. The first-order valence-corrected chi connectivity index (χ1v) is 14.5. The van der Waals surface area contributed by atoms with Gasteiger partial charge in [-0.15, -0.1) is 0 Å². The van der Waals surface area contributed by atoms with Gasteiger partial charge in [-0.25, -0.2) is 4.99 Å². The number of carbonyl (C=O) groups excluding carboxylic acids is 1. The average molecular weight is 521 g/mol. The number of hydrogen-bond donors (Lipinski definition) is 2. The Morgan fingerprint density at radius 2 is 2.00 bits per heavy atom. The van der Waals surface area contributed by atoms with Crippen LogP contribution in [0.15, 0.2) is 82.8 Å². The lowest BCUT2D eigenvalue weighted by Crippen LogP contribution is -2.33. The van der Waals surface area contributed by atoms with Gasteiger partial charge in [-0.05, 0) is 85.9 Å². The first kappa shape index (κ1) is 26.9. The number of hydrogen-bond acceptors (Lipinski definition) is 4. The van der Waals surface area contributed by atoms with Crippen molar-refractivity contribution >= 4 is 29.3 Å². The molecule has 0 saturated carbocycles. The highest BCUT2D eigenvalue weighted by molar-refractivity contribution is 6.07. The highest BCUT2D eigenvalue weighted by Crippen LogP contribution is 2.27. The van der Waals surface area contributed by atoms with Crippen LogP contribution < -0.4 is 10.6 Å². The standard InChI is InChI=1S/C34H40N4O/c1-3-25-10-8-13-29(17-16-25)37-34(39)27-12-9-11-26(20-27)32-14-6-4-5-7-15-33(38-32)36-30-18-19-31-24(2)22-35-23-28(31)21-30/h7-9,11-15,18-21,23-25,29H,3-6,10,16-17,22H2,1-2H3,(H,36,38)(H,37,39). The van der Waals surface area contributed by atoms with E-state index < -0.39 is 0 Å². The molecule has 2 aromatic rings. The van der Waals surface area contributed by atoms with Crippen LogP contribution in [-0.4, -0.2) is 30.5 Å². The van der Waals surface area contributed by atoms with E-state index in [1.807, 2.05) is 30.5 Å². The quantitative estimate of drug-likeness (QED) is 0.397. The molecule has 0 spiro atoms. The van der Waals surface area contributed by atoms with Crippen molar-refractivity contribution in [1.82, 2.24) is 5.32 Å². The summed E-state index contributed by atoms with van der Waals surface area (Å²) in [5.74, 6) is 1.91. The molecule has 5 nitrogen and oxygen atoms in total. The van der Waals surface area contributed by atoms with Crippen LogP contribution in [-0.2, 0) is 0 Å². The van der Waals surface area contributed by atoms with Gasteiger partial charge in [-0.1, -0.05) is 62.8 Å². The summed E-state index contributed by atoms with van der Waals surface area (Å²) in [6, 6.07) is 14.4. The van der Waals surface area contributed by atoms with Crippen molar-refractivity contribution in [3.63, 3.8) is 0 Å². The van der Waals surface area contributed by atoms with Gasteiger partial charge in [-0.3, -0.25) is 9.79 Å². The van der Waals surface area contributed by atoms with Crippen LogP contribution in [0.2, 0.25) is 0 Å². The van der Waals surface area contributed by atoms with E-state index in [0.717, 1.165) is 79.3 Å². The van der Waals surface area contributed by atoms with Gasteiger partial charge in [-0.2, -0.15) is 0 Å². The summed E-state index contributed by atoms with van der Waals surface area (Å²) in [6.45, 7) is 5.31. The zero-order valence-corrected chi connectivity index (χ0v) is 23.2. The van der Waals surface area contributed by atoms with Crippen molar-refractivity contribution in [2.45, 2.75) is 70.8 Å². The molecule has 3 atom stereocenters. The smallest absolute Gasteiger partial charge is 0.251 e. The van der Waals surface area contributed by atoms with Crippen LogP contribution in [0.1, 0.15) is 91.8 Å². The molecule has 0 bridgehead atoms. The molecule has 202 valence electrons. The topological polar surface area (TPSA) is 65.8 Å². The Bertz CT molecular complexity index is 1330. The van der Waals surface area contributed by atoms with Crippen LogP contribution in [0.3, 0.4) is 0 Å². The number of rotatable bonds is 5. The molecule has 0 fully saturated rings. The van der Waals surface area contributed by atoms with E-state index in [9.17, 15) is 4.79 Å². The molecule has 1 aliphatic carbocycles. The second-order valence-corrected chi connectivity index (χ2v) is 11.0. The minimum atomic E-state index is -0.0303. The van der Waals surface area contributed by atoms with Gasteiger partial charge in [0.2, 0.25) is 0 Å². The minimum Gasteiger partial charge on any atom is -0.346 e. The molecule has 0 saturated heterocycles. The van der Waals surface area contributed by atoms with Gasteiger partial charge in [0, 0.05) is 41.5 Å². The number of allylic oxidation sites excluding steroid dienone is 3. The Balaban J connectivity index is 1.35. The second-order valence-electron chi connectivity index (χ2n) is 11.0. The van der Waals surface area contributed by atoms with Crippen molar-refractivity contribution in [3.05, 3.63) is 95.1 Å². The molecule has 2 heterocycles. The second kappa shape index (κ2) is 12.9. The molecule has 5 rings (SSSR count). The molecular formula is C34H40N4O. The maximum Gasteiger partial charge on any atom is 0.251 e. The van der Waals surface area contributed by atoms with Crippen molar-refractivity contribution in [1.29, 1.82) is 0 Å². The van der Waals surface area contributed by atoms with Crippen LogP contribution in [0.25, 0.3) is 5.70 Å². The van der Waals surface area contributed by atoms with E-state index in [4.69, 9.17) is 4.99 Å². The van der Waals surface area contributed by atoms with E-state index in [1.54, 1.807) is 0 Å². The number of amides is 1. The Labute approximate surface area is 232 Å². The summed E-state index contributed by atoms with van der Waals surface area (Å²) >= 11 is 0. The Kier molecular flexibility index (Phi) is 8.87. The molecule has 1 amide bonds. The lowest BCUT2D eigenvalue weighted by Gasteiger charge is -2.18. The van der Waals surface area contributed by atoms with Gasteiger partial charge in [0.25, 0.3) is 5.91 Å². The highest BCUT2D eigenvalue weighted by Gasteiger charge is 2.18. The SMILES string of the molecule is CCC1CC=CC(NC(=O)c2cccc(C3=CCCCC=CC(Nc4ccc5c(c4)C=NCC5C)=N3)c2)CC1. The zero-order chi connectivity index (χ0) is 27.0. The molecule has 2 aromatic carbocycles. The Morgan fingerprint density at radius 1 is 1.08 bits per heavy atom. The normalized spacial score (nSPS) is 22.9. The third kappa shape index (κ3) is 7.03. The molecule has 3 unspecified atom stereocenters. The molecule has 5 heteroatoms. The van der Waals surface area contributed by atoms with E-state index in [-0.39, 0.29) is 11.9 Å². The predicted molar refractivity (Wildman–Crippen MR) is 164 cm³/mol. The fourth-order valence-corrected chi connectivity index (χ4v) is 5.53. The van der Waals surface area contributed by atoms with Crippen LogP contribution in [0, 0.1) is 5.92 Å². The van der Waals surface area contributed by atoms with E-state index in [0.29, 0.717) is 11.5 Å². The van der Waals surface area contributed by atoms with Crippen molar-refractivity contribution in [2.24, 2.45) is 15.9 Å². The van der Waals surface area contributed by atoms with Crippen LogP contribution >= 0.6 is 0 Å². The summed E-state index contributed by atoms with van der Waals surface area (Å²) in [4.78, 5) is 22.7. The van der Waals surface area contributed by atoms with Gasteiger partial charge >= 0.3 is 0 Å². The first-order valence-electron chi connectivity index (χ1n) is 14.5. The lowest BCUT2D eigenvalue weighted by atomic mass is 9.93. The Morgan fingerprint density at radius 3 is 2.90 bits per heavy atom. The number of nitrogens with one attached hydrogen (secondary N) is 2. The number of anilines is 1. The number of nitrogens with zero attached hydrogens (tertiary/aromatic N) is 2. The highest BCUT2D eigenvalue weighted by atomic mass is 16.1. The lowest BCUT2D eigenvalue weighted by molar-refractivity contribution is 0.0942. The summed E-state index contributed by atoms with van der Waals surface area (Å²) < 4.78 is 0. The first-order chi connectivity index (χ1) is 19.1. The van der Waals surface area contributed by atoms with Gasteiger partial charge in [0.15, 0.2) is 0 Å². The van der Waals surface area contributed by atoms with Crippen LogP contribution in [0.4, 0.5) is 5.69 Å². The predicted octanol–water partition coefficient (Wildman–Crippen LogP) is 7.68. The molecule has 2 N–H and O–H groups in total. The fourth-order valence-electron chi connectivity index (χ4n) is 5.53. The van der Waals surface area contributed by atoms with Crippen molar-refractivity contribution < 1.29 is 4.79 Å². The number of benzene rings is 2. The molecule has 0 radical (unpaired) electrons. The van der Waals surface area contributed by atoms with E-state index >= 15 is 0 Å². The van der Waals surface area contributed by atoms with E-state index in [1.165, 1.54) is 12.0 Å². The fraction of sp³-hybridized carbons (Fsp3) is 0.382. The maximum absolute atomic E-state index is 13.2.